The second-order valence-corrected chi connectivity index (χ2v) is 6.41. The number of benzene rings is 2. The fourth-order valence-corrected chi connectivity index (χ4v) is 2.89. The highest BCUT2D eigenvalue weighted by atomic mass is 19.1. The summed E-state index contributed by atoms with van der Waals surface area (Å²) in [5.41, 5.74) is 0.782. The van der Waals surface area contributed by atoms with Gasteiger partial charge in [-0.3, -0.25) is 9.59 Å². The molecule has 3 rings (SSSR count). The van der Waals surface area contributed by atoms with Crippen molar-refractivity contribution in [1.29, 1.82) is 0 Å². The Hall–Kier alpha value is -2.69. The first-order valence-electron chi connectivity index (χ1n) is 8.39. The van der Waals surface area contributed by atoms with Crippen LogP contribution in [0.5, 0.6) is 0 Å². The molecule has 130 valence electrons. The zero-order valence-electron chi connectivity index (χ0n) is 14.2. The molecular weight excluding hydrogens is 319 g/mol. The lowest BCUT2D eigenvalue weighted by molar-refractivity contribution is -0.135. The van der Waals surface area contributed by atoms with Crippen molar-refractivity contribution in [2.75, 3.05) is 18.5 Å². The van der Waals surface area contributed by atoms with E-state index in [1.54, 1.807) is 24.1 Å². The predicted molar refractivity (Wildman–Crippen MR) is 94.6 cm³/mol. The lowest BCUT2D eigenvalue weighted by Gasteiger charge is -2.23. The third-order valence-electron chi connectivity index (χ3n) is 4.65. The average molecular weight is 340 g/mol. The van der Waals surface area contributed by atoms with Crippen LogP contribution in [0.2, 0.25) is 0 Å². The molecule has 0 saturated heterocycles. The van der Waals surface area contributed by atoms with Gasteiger partial charge in [-0.05, 0) is 49.1 Å². The quantitative estimate of drug-likeness (QED) is 0.822. The van der Waals surface area contributed by atoms with Gasteiger partial charge in [0.1, 0.15) is 11.2 Å². The molecule has 0 aromatic heterocycles. The van der Waals surface area contributed by atoms with Crippen LogP contribution in [0.15, 0.2) is 54.6 Å². The van der Waals surface area contributed by atoms with E-state index in [-0.39, 0.29) is 17.6 Å². The zero-order chi connectivity index (χ0) is 17.9. The van der Waals surface area contributed by atoms with Crippen molar-refractivity contribution < 1.29 is 14.0 Å². The van der Waals surface area contributed by atoms with E-state index < -0.39 is 5.41 Å². The van der Waals surface area contributed by atoms with Gasteiger partial charge in [-0.25, -0.2) is 4.39 Å². The third-order valence-corrected chi connectivity index (χ3v) is 4.65. The topological polar surface area (TPSA) is 49.4 Å². The minimum absolute atomic E-state index is 0.169. The van der Waals surface area contributed by atoms with Gasteiger partial charge in [-0.1, -0.05) is 30.3 Å². The Balaban J connectivity index is 1.57. The highest BCUT2D eigenvalue weighted by Gasteiger charge is 2.57. The molecule has 0 radical (unpaired) electrons. The smallest absolute Gasteiger partial charge is 0.242 e. The first kappa shape index (κ1) is 17.1. The summed E-state index contributed by atoms with van der Waals surface area (Å²) < 4.78 is 12.9. The Bertz CT molecular complexity index is 755. The van der Waals surface area contributed by atoms with E-state index in [0.717, 1.165) is 11.3 Å². The summed E-state index contributed by atoms with van der Waals surface area (Å²) in [5.74, 6) is -0.667. The summed E-state index contributed by atoms with van der Waals surface area (Å²) in [4.78, 5) is 26.8. The molecule has 2 amide bonds. The van der Waals surface area contributed by atoms with Crippen molar-refractivity contribution in [3.63, 3.8) is 0 Å². The van der Waals surface area contributed by atoms with Crippen LogP contribution in [0.3, 0.4) is 0 Å². The Morgan fingerprint density at radius 2 is 1.72 bits per heavy atom. The molecule has 4 nitrogen and oxygen atoms in total. The van der Waals surface area contributed by atoms with E-state index >= 15 is 0 Å². The van der Waals surface area contributed by atoms with E-state index in [1.807, 2.05) is 30.3 Å². The molecule has 5 heteroatoms. The number of carbonyl (C=O) groups excluding carboxylic acids is 2. The van der Waals surface area contributed by atoms with Gasteiger partial charge in [0.25, 0.3) is 0 Å². The molecule has 0 atom stereocenters. The fraction of sp³-hybridized carbons (Fsp3) is 0.300. The molecule has 0 bridgehead atoms. The van der Waals surface area contributed by atoms with Gasteiger partial charge in [0, 0.05) is 19.3 Å². The van der Waals surface area contributed by atoms with Gasteiger partial charge >= 0.3 is 0 Å². The molecule has 1 saturated carbocycles. The molecule has 1 N–H and O–H groups in total. The van der Waals surface area contributed by atoms with Crippen LogP contribution in [0.4, 0.5) is 10.1 Å². The monoisotopic (exact) mass is 340 g/mol. The molecule has 0 aliphatic heterocycles. The molecule has 2 aromatic carbocycles. The number of rotatable bonds is 6. The summed E-state index contributed by atoms with van der Waals surface area (Å²) >= 11 is 0. The van der Waals surface area contributed by atoms with Gasteiger partial charge in [0.15, 0.2) is 0 Å². The molecule has 0 unspecified atom stereocenters. The SMILES string of the molecule is CN(C(=O)C1(C(=O)NCCc2ccc(F)cc2)CC1)c1ccccc1. The van der Waals surface area contributed by atoms with Crippen molar-refractivity contribution in [3.05, 3.63) is 66.0 Å². The second-order valence-electron chi connectivity index (χ2n) is 6.41. The maximum absolute atomic E-state index is 12.9. The summed E-state index contributed by atoms with van der Waals surface area (Å²) in [5, 5.41) is 2.86. The second kappa shape index (κ2) is 7.05. The summed E-state index contributed by atoms with van der Waals surface area (Å²) in [6.45, 7) is 0.425. The Kier molecular flexibility index (Phi) is 4.83. The third kappa shape index (κ3) is 3.71. The van der Waals surface area contributed by atoms with Crippen LogP contribution in [-0.2, 0) is 16.0 Å². The van der Waals surface area contributed by atoms with Crippen molar-refractivity contribution in [3.8, 4) is 0 Å². The Labute approximate surface area is 146 Å². The molecule has 2 aromatic rings. The van der Waals surface area contributed by atoms with Gasteiger partial charge in [-0.15, -0.1) is 0 Å². The number of para-hydroxylation sites is 1. The fourth-order valence-electron chi connectivity index (χ4n) is 2.89. The standard InChI is InChI=1S/C20H21FN2O2/c1-23(17-5-3-2-4-6-17)19(25)20(12-13-20)18(24)22-14-11-15-7-9-16(21)10-8-15/h2-10H,11-14H2,1H3,(H,22,24). The average Bonchev–Trinajstić information content (AvgIpc) is 3.45. The van der Waals surface area contributed by atoms with Crippen LogP contribution in [0.25, 0.3) is 0 Å². The van der Waals surface area contributed by atoms with Gasteiger partial charge in [0.05, 0.1) is 0 Å². The highest BCUT2D eigenvalue weighted by Crippen LogP contribution is 2.47. The molecule has 1 aliphatic carbocycles. The van der Waals surface area contributed by atoms with Crippen molar-refractivity contribution >= 4 is 17.5 Å². The van der Waals surface area contributed by atoms with Crippen LogP contribution in [0, 0.1) is 11.2 Å². The van der Waals surface area contributed by atoms with E-state index in [9.17, 15) is 14.0 Å². The van der Waals surface area contributed by atoms with E-state index in [1.165, 1.54) is 12.1 Å². The minimum Gasteiger partial charge on any atom is -0.355 e. The molecule has 0 heterocycles. The largest absolute Gasteiger partial charge is 0.355 e. The number of hydrogen-bond donors (Lipinski definition) is 1. The van der Waals surface area contributed by atoms with Crippen molar-refractivity contribution in [1.82, 2.24) is 5.32 Å². The van der Waals surface area contributed by atoms with Crippen LogP contribution >= 0.6 is 0 Å². The number of nitrogens with zero attached hydrogens (tertiary/aromatic N) is 1. The summed E-state index contributed by atoms with van der Waals surface area (Å²) in [6.07, 6.45) is 1.75. The van der Waals surface area contributed by atoms with Gasteiger partial charge < -0.3 is 10.2 Å². The molecule has 1 aliphatic rings. The van der Waals surface area contributed by atoms with Gasteiger partial charge in [0.2, 0.25) is 11.8 Å². The number of anilines is 1. The molecule has 1 fully saturated rings. The number of nitrogens with one attached hydrogen (secondary N) is 1. The Morgan fingerprint density at radius 3 is 2.32 bits per heavy atom. The number of halogens is 1. The maximum Gasteiger partial charge on any atom is 0.242 e. The normalized spacial score (nSPS) is 14.6. The van der Waals surface area contributed by atoms with Gasteiger partial charge in [-0.2, -0.15) is 0 Å². The lowest BCUT2D eigenvalue weighted by Crippen LogP contribution is -2.44. The molecule has 0 spiro atoms. The first-order chi connectivity index (χ1) is 12.0. The van der Waals surface area contributed by atoms with Crippen molar-refractivity contribution in [2.45, 2.75) is 19.3 Å². The summed E-state index contributed by atoms with van der Waals surface area (Å²) in [6, 6.07) is 15.5. The van der Waals surface area contributed by atoms with Crippen LogP contribution in [0.1, 0.15) is 18.4 Å². The van der Waals surface area contributed by atoms with E-state index in [2.05, 4.69) is 5.32 Å². The first-order valence-corrected chi connectivity index (χ1v) is 8.39. The summed E-state index contributed by atoms with van der Waals surface area (Å²) in [7, 11) is 1.70. The predicted octanol–water partition coefficient (Wildman–Crippen LogP) is 2.93. The highest BCUT2D eigenvalue weighted by molar-refractivity contribution is 6.13. The Morgan fingerprint density at radius 1 is 1.08 bits per heavy atom. The molecule has 25 heavy (non-hydrogen) atoms. The number of amides is 2. The van der Waals surface area contributed by atoms with Crippen LogP contribution in [-0.4, -0.2) is 25.4 Å². The number of carbonyl (C=O) groups is 2. The van der Waals surface area contributed by atoms with E-state index in [0.29, 0.717) is 25.8 Å². The number of hydrogen-bond acceptors (Lipinski definition) is 2. The van der Waals surface area contributed by atoms with Crippen molar-refractivity contribution in [2.24, 2.45) is 5.41 Å². The van der Waals surface area contributed by atoms with Crippen LogP contribution < -0.4 is 10.2 Å². The maximum atomic E-state index is 12.9. The molecular formula is C20H21FN2O2. The minimum atomic E-state index is -0.937. The lowest BCUT2D eigenvalue weighted by atomic mass is 10.0. The van der Waals surface area contributed by atoms with E-state index in [4.69, 9.17) is 0 Å². The zero-order valence-corrected chi connectivity index (χ0v) is 14.2.